The Bertz CT molecular complexity index is 349. The standard InChI is InChI=1S/C11H15NO2S/c1-11(10(13)14-2)6-8(7-12-11)9-4-3-5-15-9/h3-5,8,12H,6-7H2,1-2H3. The van der Waals surface area contributed by atoms with Crippen LogP contribution in [0.4, 0.5) is 0 Å². The number of hydrogen-bond acceptors (Lipinski definition) is 4. The van der Waals surface area contributed by atoms with Crippen molar-refractivity contribution in [2.75, 3.05) is 13.7 Å². The van der Waals surface area contributed by atoms with Crippen molar-refractivity contribution in [2.24, 2.45) is 0 Å². The molecule has 0 saturated carbocycles. The summed E-state index contributed by atoms with van der Waals surface area (Å²) in [6.07, 6.45) is 0.820. The number of nitrogens with one attached hydrogen (secondary N) is 1. The largest absolute Gasteiger partial charge is 0.468 e. The van der Waals surface area contributed by atoms with Crippen molar-refractivity contribution in [1.29, 1.82) is 0 Å². The van der Waals surface area contributed by atoms with Gasteiger partial charge in [0.15, 0.2) is 0 Å². The summed E-state index contributed by atoms with van der Waals surface area (Å²) in [4.78, 5) is 12.9. The average Bonchev–Trinajstić information content (AvgIpc) is 2.85. The van der Waals surface area contributed by atoms with Crippen LogP contribution in [0.5, 0.6) is 0 Å². The van der Waals surface area contributed by atoms with E-state index in [4.69, 9.17) is 4.74 Å². The molecule has 1 fully saturated rings. The van der Waals surface area contributed by atoms with Gasteiger partial charge in [-0.15, -0.1) is 11.3 Å². The smallest absolute Gasteiger partial charge is 0.325 e. The zero-order chi connectivity index (χ0) is 10.9. The molecule has 0 aromatic carbocycles. The second-order valence-electron chi connectivity index (χ2n) is 4.12. The van der Waals surface area contributed by atoms with E-state index in [1.807, 2.05) is 13.0 Å². The monoisotopic (exact) mass is 225 g/mol. The highest BCUT2D eigenvalue weighted by atomic mass is 32.1. The third-order valence-corrected chi connectivity index (χ3v) is 4.01. The Kier molecular flexibility index (Phi) is 2.80. The van der Waals surface area contributed by atoms with Gasteiger partial charge in [-0.25, -0.2) is 0 Å². The van der Waals surface area contributed by atoms with E-state index in [9.17, 15) is 4.79 Å². The highest BCUT2D eigenvalue weighted by Crippen LogP contribution is 2.34. The summed E-state index contributed by atoms with van der Waals surface area (Å²) in [5.74, 6) is 0.274. The third kappa shape index (κ3) is 1.92. The minimum atomic E-state index is -0.511. The fraction of sp³-hybridized carbons (Fsp3) is 0.545. The van der Waals surface area contributed by atoms with Gasteiger partial charge in [-0.05, 0) is 24.8 Å². The van der Waals surface area contributed by atoms with Crippen molar-refractivity contribution in [2.45, 2.75) is 24.8 Å². The Balaban J connectivity index is 2.09. The van der Waals surface area contributed by atoms with E-state index in [0.717, 1.165) is 13.0 Å². The summed E-state index contributed by atoms with van der Waals surface area (Å²) < 4.78 is 4.80. The quantitative estimate of drug-likeness (QED) is 0.779. The lowest BCUT2D eigenvalue weighted by Crippen LogP contribution is -2.45. The summed E-state index contributed by atoms with van der Waals surface area (Å²) in [5.41, 5.74) is -0.511. The van der Waals surface area contributed by atoms with Gasteiger partial charge in [-0.2, -0.15) is 0 Å². The van der Waals surface area contributed by atoms with Gasteiger partial charge in [-0.1, -0.05) is 6.07 Å². The fourth-order valence-electron chi connectivity index (χ4n) is 2.09. The van der Waals surface area contributed by atoms with Crippen LogP contribution in [0.2, 0.25) is 0 Å². The van der Waals surface area contributed by atoms with Crippen LogP contribution in [0.15, 0.2) is 17.5 Å². The average molecular weight is 225 g/mol. The van der Waals surface area contributed by atoms with Crippen LogP contribution in [-0.2, 0) is 9.53 Å². The minimum absolute atomic E-state index is 0.165. The van der Waals surface area contributed by atoms with Gasteiger partial charge >= 0.3 is 5.97 Å². The van der Waals surface area contributed by atoms with Crippen molar-refractivity contribution < 1.29 is 9.53 Å². The maximum absolute atomic E-state index is 11.6. The number of carbonyl (C=O) groups is 1. The predicted octanol–water partition coefficient (Wildman–Crippen LogP) is 1.76. The molecule has 0 spiro atoms. The summed E-state index contributed by atoms with van der Waals surface area (Å²) in [5, 5.41) is 5.33. The lowest BCUT2D eigenvalue weighted by molar-refractivity contribution is -0.147. The Morgan fingerprint density at radius 1 is 1.73 bits per heavy atom. The van der Waals surface area contributed by atoms with E-state index < -0.39 is 5.54 Å². The van der Waals surface area contributed by atoms with Crippen molar-refractivity contribution in [1.82, 2.24) is 5.32 Å². The van der Waals surface area contributed by atoms with Crippen molar-refractivity contribution >= 4 is 17.3 Å². The summed E-state index contributed by atoms with van der Waals surface area (Å²) >= 11 is 1.75. The Morgan fingerprint density at radius 2 is 2.53 bits per heavy atom. The van der Waals surface area contributed by atoms with Crippen LogP contribution in [-0.4, -0.2) is 25.2 Å². The molecule has 82 valence electrons. The third-order valence-electron chi connectivity index (χ3n) is 2.97. The van der Waals surface area contributed by atoms with Gasteiger partial charge in [0.1, 0.15) is 5.54 Å². The molecule has 3 nitrogen and oxygen atoms in total. The molecule has 1 aromatic rings. The van der Waals surface area contributed by atoms with Gasteiger partial charge in [0.2, 0.25) is 0 Å². The van der Waals surface area contributed by atoms with E-state index in [1.54, 1.807) is 11.3 Å². The van der Waals surface area contributed by atoms with Gasteiger partial charge in [0.25, 0.3) is 0 Å². The number of thiophene rings is 1. The molecule has 0 bridgehead atoms. The van der Waals surface area contributed by atoms with Crippen LogP contribution in [0, 0.1) is 0 Å². The van der Waals surface area contributed by atoms with Crippen LogP contribution in [0.1, 0.15) is 24.1 Å². The fourth-order valence-corrected chi connectivity index (χ4v) is 2.92. The maximum atomic E-state index is 11.6. The van der Waals surface area contributed by atoms with Crippen LogP contribution in [0.25, 0.3) is 0 Å². The highest BCUT2D eigenvalue weighted by Gasteiger charge is 2.42. The predicted molar refractivity (Wildman–Crippen MR) is 60.1 cm³/mol. The zero-order valence-electron chi connectivity index (χ0n) is 8.95. The highest BCUT2D eigenvalue weighted by molar-refractivity contribution is 7.10. The molecule has 2 rings (SSSR count). The number of esters is 1. The topological polar surface area (TPSA) is 38.3 Å². The molecule has 1 aliphatic heterocycles. The molecule has 2 unspecified atom stereocenters. The summed E-state index contributed by atoms with van der Waals surface area (Å²) in [7, 11) is 1.44. The minimum Gasteiger partial charge on any atom is -0.468 e. The molecule has 2 atom stereocenters. The van der Waals surface area contributed by atoms with E-state index in [2.05, 4.69) is 16.8 Å². The van der Waals surface area contributed by atoms with E-state index in [0.29, 0.717) is 5.92 Å². The first kappa shape index (κ1) is 10.6. The Morgan fingerprint density at radius 3 is 3.13 bits per heavy atom. The van der Waals surface area contributed by atoms with E-state index in [-0.39, 0.29) is 5.97 Å². The van der Waals surface area contributed by atoms with Crippen molar-refractivity contribution in [3.63, 3.8) is 0 Å². The van der Waals surface area contributed by atoms with Crippen LogP contribution in [0.3, 0.4) is 0 Å². The molecular formula is C11H15NO2S. The lowest BCUT2D eigenvalue weighted by Gasteiger charge is -2.20. The van der Waals surface area contributed by atoms with Gasteiger partial charge in [0.05, 0.1) is 7.11 Å². The molecule has 15 heavy (non-hydrogen) atoms. The zero-order valence-corrected chi connectivity index (χ0v) is 9.76. The lowest BCUT2D eigenvalue weighted by atomic mass is 9.94. The molecule has 1 N–H and O–H groups in total. The second-order valence-corrected chi connectivity index (χ2v) is 5.10. The molecular weight excluding hydrogens is 210 g/mol. The molecule has 0 amide bonds. The van der Waals surface area contributed by atoms with Crippen LogP contribution >= 0.6 is 11.3 Å². The molecule has 1 saturated heterocycles. The van der Waals surface area contributed by atoms with E-state index >= 15 is 0 Å². The number of rotatable bonds is 2. The number of ether oxygens (including phenoxy) is 1. The first-order chi connectivity index (χ1) is 7.15. The molecule has 4 heteroatoms. The number of carbonyl (C=O) groups excluding carboxylic acids is 1. The second kappa shape index (κ2) is 3.94. The molecule has 0 aliphatic carbocycles. The van der Waals surface area contributed by atoms with Gasteiger partial charge in [0, 0.05) is 17.3 Å². The van der Waals surface area contributed by atoms with Crippen molar-refractivity contribution in [3.8, 4) is 0 Å². The Labute approximate surface area is 93.4 Å². The summed E-state index contributed by atoms with van der Waals surface area (Å²) in [6, 6.07) is 4.17. The number of methoxy groups -OCH3 is 1. The normalized spacial score (nSPS) is 30.4. The molecule has 1 aromatic heterocycles. The first-order valence-electron chi connectivity index (χ1n) is 5.02. The number of hydrogen-bond donors (Lipinski definition) is 1. The van der Waals surface area contributed by atoms with Gasteiger partial charge in [-0.3, -0.25) is 4.79 Å². The van der Waals surface area contributed by atoms with Crippen LogP contribution < -0.4 is 5.32 Å². The molecule has 0 radical (unpaired) electrons. The maximum Gasteiger partial charge on any atom is 0.325 e. The van der Waals surface area contributed by atoms with Crippen molar-refractivity contribution in [3.05, 3.63) is 22.4 Å². The Hall–Kier alpha value is -0.870. The van der Waals surface area contributed by atoms with Gasteiger partial charge < -0.3 is 10.1 Å². The summed E-state index contributed by atoms with van der Waals surface area (Å²) in [6.45, 7) is 2.76. The molecule has 2 heterocycles. The first-order valence-corrected chi connectivity index (χ1v) is 5.90. The van der Waals surface area contributed by atoms with E-state index in [1.165, 1.54) is 12.0 Å². The SMILES string of the molecule is COC(=O)C1(C)CC(c2cccs2)CN1. The molecule has 1 aliphatic rings.